The number of fused-ring (bicyclic) bond motifs is 1. The summed E-state index contributed by atoms with van der Waals surface area (Å²) >= 11 is 5.60. The van der Waals surface area contributed by atoms with E-state index in [2.05, 4.69) is 16.0 Å². The second-order valence-electron chi connectivity index (χ2n) is 14.2. The standard InChI is InChI=1S/C39H35F4N7O7S/c1-38(2)20-48(25-13-10-22(18-44)31(32(25)40)39(41,42)43)37(58)50(38)23-11-8-21(9-12-23)33(53)46-17-4-3-16-45-29(52)19-57-27-7-5-6-24-30(27)36(56)49(35(24)55)26-14-15-28(51)47-34(26)54/h5-13,26H,3-4,14-17,19-20H2,1-2H3,(H,45,52)(H,46,53)(H,47,51,54). The van der Waals surface area contributed by atoms with Gasteiger partial charge in [-0.2, -0.15) is 18.4 Å². The van der Waals surface area contributed by atoms with Crippen LogP contribution in [0.25, 0.3) is 0 Å². The lowest BCUT2D eigenvalue weighted by Gasteiger charge is -2.31. The van der Waals surface area contributed by atoms with Crippen molar-refractivity contribution in [1.29, 1.82) is 5.26 Å². The number of hydrogen-bond donors (Lipinski definition) is 3. The molecule has 6 rings (SSSR count). The topological polar surface area (TPSA) is 181 Å². The number of piperidine rings is 1. The molecule has 3 aromatic rings. The van der Waals surface area contributed by atoms with Crippen molar-refractivity contribution in [3.8, 4) is 11.8 Å². The molecule has 3 aromatic carbocycles. The average molecular weight is 822 g/mol. The van der Waals surface area contributed by atoms with Crippen molar-refractivity contribution in [2.24, 2.45) is 0 Å². The van der Waals surface area contributed by atoms with E-state index in [1.54, 1.807) is 43.0 Å². The number of carbonyl (C=O) groups is 6. The summed E-state index contributed by atoms with van der Waals surface area (Å²) in [5.74, 6) is -5.19. The van der Waals surface area contributed by atoms with Crippen LogP contribution in [-0.2, 0) is 20.6 Å². The van der Waals surface area contributed by atoms with Gasteiger partial charge in [0.25, 0.3) is 23.6 Å². The fourth-order valence-electron chi connectivity index (χ4n) is 7.04. The molecule has 0 saturated carbocycles. The summed E-state index contributed by atoms with van der Waals surface area (Å²) in [5.41, 5.74) is -2.94. The second-order valence-corrected chi connectivity index (χ2v) is 14.6. The second kappa shape index (κ2) is 16.2. The number of nitrogens with one attached hydrogen (secondary N) is 3. The third-order valence-electron chi connectivity index (χ3n) is 9.78. The number of nitrogens with zero attached hydrogens (tertiary/aromatic N) is 4. The number of nitriles is 1. The summed E-state index contributed by atoms with van der Waals surface area (Å²) in [4.78, 5) is 79.1. The van der Waals surface area contributed by atoms with Gasteiger partial charge < -0.3 is 25.2 Å². The van der Waals surface area contributed by atoms with Gasteiger partial charge in [-0.15, -0.1) is 0 Å². The smallest absolute Gasteiger partial charge is 0.420 e. The molecule has 6 amide bonds. The summed E-state index contributed by atoms with van der Waals surface area (Å²) in [5, 5.41) is 16.8. The van der Waals surface area contributed by atoms with Gasteiger partial charge in [0.2, 0.25) is 11.8 Å². The number of anilines is 2. The van der Waals surface area contributed by atoms with Crippen LogP contribution in [0.15, 0.2) is 54.6 Å². The Bertz CT molecular complexity index is 2280. The van der Waals surface area contributed by atoms with Crippen molar-refractivity contribution in [2.75, 3.05) is 36.0 Å². The van der Waals surface area contributed by atoms with E-state index in [0.717, 1.165) is 17.0 Å². The van der Waals surface area contributed by atoms with Crippen LogP contribution in [0, 0.1) is 17.1 Å². The molecule has 0 aliphatic carbocycles. The minimum atomic E-state index is -5.10. The van der Waals surface area contributed by atoms with Gasteiger partial charge in [0.1, 0.15) is 17.4 Å². The molecule has 0 radical (unpaired) electrons. The van der Waals surface area contributed by atoms with Crippen LogP contribution < -0.4 is 30.5 Å². The average Bonchev–Trinajstić information content (AvgIpc) is 3.57. The fourth-order valence-corrected chi connectivity index (χ4v) is 7.55. The molecule has 3 aliphatic heterocycles. The van der Waals surface area contributed by atoms with E-state index in [1.165, 1.54) is 29.2 Å². The van der Waals surface area contributed by atoms with E-state index in [0.29, 0.717) is 24.1 Å². The van der Waals surface area contributed by atoms with Gasteiger partial charge in [0, 0.05) is 37.3 Å². The molecule has 1 unspecified atom stereocenters. The zero-order valence-electron chi connectivity index (χ0n) is 31.0. The lowest BCUT2D eigenvalue weighted by Crippen LogP contribution is -2.54. The van der Waals surface area contributed by atoms with Crippen LogP contribution in [0.2, 0.25) is 0 Å². The summed E-state index contributed by atoms with van der Waals surface area (Å²) < 4.78 is 61.9. The first-order chi connectivity index (χ1) is 27.4. The minimum absolute atomic E-state index is 0.00410. The van der Waals surface area contributed by atoms with Gasteiger partial charge in [-0.25, -0.2) is 4.39 Å². The monoisotopic (exact) mass is 821 g/mol. The maximum absolute atomic E-state index is 15.3. The highest BCUT2D eigenvalue weighted by Crippen LogP contribution is 2.41. The normalized spacial score (nSPS) is 17.6. The molecule has 2 saturated heterocycles. The molecule has 0 spiro atoms. The highest BCUT2D eigenvalue weighted by Gasteiger charge is 2.47. The third-order valence-corrected chi connectivity index (χ3v) is 10.2. The number of rotatable bonds is 12. The van der Waals surface area contributed by atoms with Crippen LogP contribution in [0.5, 0.6) is 5.75 Å². The molecule has 0 bridgehead atoms. The molecule has 3 N–H and O–H groups in total. The number of benzene rings is 3. The number of carbonyl (C=O) groups excluding carboxylic acids is 6. The maximum Gasteiger partial charge on any atom is 0.420 e. The predicted molar refractivity (Wildman–Crippen MR) is 202 cm³/mol. The minimum Gasteiger partial charge on any atom is -0.483 e. The molecule has 58 heavy (non-hydrogen) atoms. The molecule has 2 fully saturated rings. The maximum atomic E-state index is 15.3. The molecule has 19 heteroatoms. The van der Waals surface area contributed by atoms with E-state index in [4.69, 9.17) is 22.2 Å². The van der Waals surface area contributed by atoms with Gasteiger partial charge in [-0.1, -0.05) is 6.07 Å². The summed E-state index contributed by atoms with van der Waals surface area (Å²) in [6.07, 6.45) is -4.14. The van der Waals surface area contributed by atoms with Gasteiger partial charge in [0.15, 0.2) is 17.5 Å². The third kappa shape index (κ3) is 8.05. The number of ether oxygens (including phenoxy) is 1. The van der Waals surface area contributed by atoms with Crippen molar-refractivity contribution in [2.45, 2.75) is 57.3 Å². The number of unbranched alkanes of at least 4 members (excludes halogenated alkanes) is 1. The Morgan fingerprint density at radius 1 is 1.00 bits per heavy atom. The van der Waals surface area contributed by atoms with Gasteiger partial charge >= 0.3 is 6.18 Å². The largest absolute Gasteiger partial charge is 0.483 e. The molecule has 3 heterocycles. The Hall–Kier alpha value is -6.42. The molecular weight excluding hydrogens is 787 g/mol. The fraction of sp³-hybridized carbons (Fsp3) is 0.333. The summed E-state index contributed by atoms with van der Waals surface area (Å²) in [7, 11) is 0. The number of amides is 6. The summed E-state index contributed by atoms with van der Waals surface area (Å²) in [6.45, 7) is 3.64. The van der Waals surface area contributed by atoms with E-state index in [9.17, 15) is 41.9 Å². The molecule has 0 aromatic heterocycles. The quantitative estimate of drug-likeness (QED) is 0.103. The highest BCUT2D eigenvalue weighted by molar-refractivity contribution is 7.80. The number of hydrogen-bond acceptors (Lipinski definition) is 9. The first-order valence-electron chi connectivity index (χ1n) is 18.0. The van der Waals surface area contributed by atoms with Gasteiger partial charge in [-0.05, 0) is 93.9 Å². The zero-order chi connectivity index (χ0) is 42.1. The van der Waals surface area contributed by atoms with Crippen LogP contribution >= 0.6 is 12.2 Å². The first kappa shape index (κ1) is 41.2. The van der Waals surface area contributed by atoms with Crippen molar-refractivity contribution in [1.82, 2.24) is 20.9 Å². The van der Waals surface area contributed by atoms with Crippen molar-refractivity contribution >= 4 is 64.1 Å². The van der Waals surface area contributed by atoms with Crippen LogP contribution in [0.1, 0.15) is 81.7 Å². The molecule has 3 aliphatic rings. The Balaban J connectivity index is 0.956. The molecule has 1 atom stereocenters. The van der Waals surface area contributed by atoms with E-state index < -0.39 is 76.5 Å². The van der Waals surface area contributed by atoms with Crippen molar-refractivity contribution in [3.05, 3.63) is 88.2 Å². The first-order valence-corrected chi connectivity index (χ1v) is 18.4. The van der Waals surface area contributed by atoms with Crippen LogP contribution in [0.4, 0.5) is 28.9 Å². The van der Waals surface area contributed by atoms with E-state index in [-0.39, 0.29) is 60.4 Å². The Morgan fingerprint density at radius 3 is 2.34 bits per heavy atom. The Labute approximate surface area is 334 Å². The molecule has 14 nitrogen and oxygen atoms in total. The molecule has 302 valence electrons. The number of alkyl halides is 3. The van der Waals surface area contributed by atoms with Crippen LogP contribution in [-0.4, -0.2) is 83.3 Å². The van der Waals surface area contributed by atoms with Crippen molar-refractivity contribution in [3.63, 3.8) is 0 Å². The van der Waals surface area contributed by atoms with Crippen LogP contribution in [0.3, 0.4) is 0 Å². The highest BCUT2D eigenvalue weighted by atomic mass is 32.1. The number of halogens is 4. The van der Waals surface area contributed by atoms with Gasteiger partial charge in [0.05, 0.1) is 34.0 Å². The van der Waals surface area contributed by atoms with E-state index >= 15 is 4.39 Å². The Morgan fingerprint density at radius 2 is 1.69 bits per heavy atom. The Kier molecular flexibility index (Phi) is 11.5. The number of thiocarbonyl (C=S) groups is 1. The zero-order valence-corrected chi connectivity index (χ0v) is 31.8. The lowest BCUT2D eigenvalue weighted by molar-refractivity contribution is -0.140. The lowest BCUT2D eigenvalue weighted by atomic mass is 10.0. The predicted octanol–water partition coefficient (Wildman–Crippen LogP) is 4.21. The number of imide groups is 2. The summed E-state index contributed by atoms with van der Waals surface area (Å²) in [6, 6.07) is 12.9. The van der Waals surface area contributed by atoms with E-state index in [1.807, 2.05) is 0 Å². The molecular formula is C39H35F4N7O7S. The van der Waals surface area contributed by atoms with Gasteiger partial charge in [-0.3, -0.25) is 39.0 Å². The van der Waals surface area contributed by atoms with Crippen molar-refractivity contribution < 1.29 is 51.1 Å². The SMILES string of the molecule is CC1(C)CN(c2ccc(C#N)c(C(F)(F)F)c2F)C(=S)N1c1ccc(C(=O)NCCCCNC(=O)COc2cccc3c2C(=O)N(C2CCC(=O)NC2=O)C3=O)cc1.